The number of hydrogen-bond donors (Lipinski definition) is 3. The first-order valence-electron chi connectivity index (χ1n) is 9.36. The molecular weight excluding hydrogens is 362 g/mol. The number of nitrogens with one attached hydrogen (secondary N) is 3. The van der Waals surface area contributed by atoms with Gasteiger partial charge in [-0.15, -0.1) is 0 Å². The molecule has 4 aromatic heterocycles. The smallest absolute Gasteiger partial charge is 0.116 e. The van der Waals surface area contributed by atoms with E-state index in [1.54, 1.807) is 0 Å². The van der Waals surface area contributed by atoms with E-state index in [0.717, 1.165) is 55.7 Å². The molecule has 0 bridgehead atoms. The fourth-order valence-corrected chi connectivity index (χ4v) is 3.85. The molecule has 0 unspecified atom stereocenters. The number of H-pyrrole nitrogens is 3. The van der Waals surface area contributed by atoms with Crippen molar-refractivity contribution >= 4 is 21.8 Å². The molecule has 0 saturated heterocycles. The van der Waals surface area contributed by atoms with Gasteiger partial charge in [-0.2, -0.15) is 10.2 Å². The summed E-state index contributed by atoms with van der Waals surface area (Å²) in [4.78, 5) is 7.89. The van der Waals surface area contributed by atoms with E-state index in [9.17, 15) is 0 Å². The highest BCUT2D eigenvalue weighted by Crippen LogP contribution is 2.33. The van der Waals surface area contributed by atoms with E-state index in [0.29, 0.717) is 0 Å². The third-order valence-electron chi connectivity index (χ3n) is 5.28. The van der Waals surface area contributed by atoms with Gasteiger partial charge < -0.3 is 9.55 Å². The molecule has 7 heteroatoms. The van der Waals surface area contributed by atoms with Crippen LogP contribution >= 0.6 is 0 Å². The fourth-order valence-electron chi connectivity index (χ4n) is 3.85. The lowest BCUT2D eigenvalue weighted by Gasteiger charge is -2.03. The Balaban J connectivity index is 1.53. The average Bonchev–Trinajstić information content (AvgIpc) is 3.51. The quantitative estimate of drug-likeness (QED) is 0.420. The van der Waals surface area contributed by atoms with Crippen LogP contribution in [0.15, 0.2) is 67.4 Å². The summed E-state index contributed by atoms with van der Waals surface area (Å²) in [5.41, 5.74) is 8.15. The molecule has 0 aliphatic heterocycles. The number of rotatable bonds is 3. The van der Waals surface area contributed by atoms with Crippen LogP contribution in [-0.2, 0) is 0 Å². The van der Waals surface area contributed by atoms with Crippen molar-refractivity contribution in [1.82, 2.24) is 34.9 Å². The Morgan fingerprint density at radius 3 is 2.76 bits per heavy atom. The number of fused-ring (bicyclic) bond motifs is 2. The minimum atomic E-state index is 0.898. The summed E-state index contributed by atoms with van der Waals surface area (Å²) < 4.78 is 2.05. The lowest BCUT2D eigenvalue weighted by atomic mass is 10.1. The van der Waals surface area contributed by atoms with Crippen molar-refractivity contribution in [3.63, 3.8) is 0 Å². The standard InChI is InChI=1S/C22H17N7/c1-13-11-29(12-23-13)21-4-2-3-18-16(21)8-20(26-18)22-17-7-14(15-9-24-25-10-15)5-6-19(17)27-28-22/h2-12,26H,1H3,(H,24,25)(H,27,28). The number of aromatic amines is 3. The third kappa shape index (κ3) is 2.48. The molecule has 2 aromatic carbocycles. The van der Waals surface area contributed by atoms with Crippen LogP contribution in [0.5, 0.6) is 0 Å². The van der Waals surface area contributed by atoms with E-state index in [2.05, 4.69) is 71.3 Å². The number of hydrogen-bond acceptors (Lipinski definition) is 3. The summed E-state index contributed by atoms with van der Waals surface area (Å²) in [5.74, 6) is 0. The summed E-state index contributed by atoms with van der Waals surface area (Å²) in [6.07, 6.45) is 7.59. The molecule has 3 N–H and O–H groups in total. The molecule has 0 amide bonds. The maximum absolute atomic E-state index is 4.59. The summed E-state index contributed by atoms with van der Waals surface area (Å²) in [6.45, 7) is 1.99. The number of aromatic nitrogens is 7. The van der Waals surface area contributed by atoms with Gasteiger partial charge in [0.1, 0.15) is 5.69 Å². The largest absolute Gasteiger partial charge is 0.353 e. The van der Waals surface area contributed by atoms with E-state index >= 15 is 0 Å². The summed E-state index contributed by atoms with van der Waals surface area (Å²) in [5, 5.41) is 16.9. The predicted molar refractivity (Wildman–Crippen MR) is 113 cm³/mol. The Morgan fingerprint density at radius 2 is 1.93 bits per heavy atom. The van der Waals surface area contributed by atoms with Gasteiger partial charge in [0.2, 0.25) is 0 Å². The zero-order valence-electron chi connectivity index (χ0n) is 15.6. The first-order chi connectivity index (χ1) is 14.3. The molecule has 140 valence electrons. The zero-order chi connectivity index (χ0) is 19.4. The molecule has 0 aliphatic carbocycles. The highest BCUT2D eigenvalue weighted by Gasteiger charge is 2.14. The van der Waals surface area contributed by atoms with Gasteiger partial charge in [-0.1, -0.05) is 12.1 Å². The van der Waals surface area contributed by atoms with Gasteiger partial charge in [0.05, 0.1) is 35.1 Å². The second-order valence-corrected chi connectivity index (χ2v) is 7.16. The molecule has 0 fully saturated rings. The van der Waals surface area contributed by atoms with Crippen molar-refractivity contribution in [2.75, 3.05) is 0 Å². The molecule has 0 saturated carbocycles. The van der Waals surface area contributed by atoms with Crippen LogP contribution in [0, 0.1) is 6.92 Å². The van der Waals surface area contributed by atoms with E-state index in [1.165, 1.54) is 0 Å². The lowest BCUT2D eigenvalue weighted by molar-refractivity contribution is 1.07. The van der Waals surface area contributed by atoms with Crippen LogP contribution in [0.2, 0.25) is 0 Å². The molecule has 6 aromatic rings. The topological polar surface area (TPSA) is 91.0 Å². The average molecular weight is 379 g/mol. The Kier molecular flexibility index (Phi) is 3.25. The van der Waals surface area contributed by atoms with Crippen LogP contribution in [0.1, 0.15) is 5.69 Å². The molecule has 0 radical (unpaired) electrons. The molecular formula is C22H17N7. The van der Waals surface area contributed by atoms with E-state index in [4.69, 9.17) is 0 Å². The van der Waals surface area contributed by atoms with E-state index in [-0.39, 0.29) is 0 Å². The Hall–Kier alpha value is -4.13. The van der Waals surface area contributed by atoms with Crippen LogP contribution in [0.25, 0.3) is 50.0 Å². The van der Waals surface area contributed by atoms with Gasteiger partial charge >= 0.3 is 0 Å². The van der Waals surface area contributed by atoms with E-state index in [1.807, 2.05) is 37.9 Å². The van der Waals surface area contributed by atoms with Crippen molar-refractivity contribution in [3.05, 3.63) is 73.1 Å². The molecule has 0 atom stereocenters. The molecule has 0 spiro atoms. The molecule has 7 nitrogen and oxygen atoms in total. The van der Waals surface area contributed by atoms with Crippen molar-refractivity contribution in [3.8, 4) is 28.2 Å². The van der Waals surface area contributed by atoms with Crippen LogP contribution in [-0.4, -0.2) is 34.9 Å². The normalized spacial score (nSPS) is 11.6. The van der Waals surface area contributed by atoms with Crippen molar-refractivity contribution in [1.29, 1.82) is 0 Å². The Labute approximate surface area is 165 Å². The van der Waals surface area contributed by atoms with Gasteiger partial charge in [-0.05, 0) is 42.8 Å². The number of imidazole rings is 1. The summed E-state index contributed by atoms with van der Waals surface area (Å²) >= 11 is 0. The van der Waals surface area contributed by atoms with Crippen LogP contribution < -0.4 is 0 Å². The van der Waals surface area contributed by atoms with Crippen LogP contribution in [0.3, 0.4) is 0 Å². The molecule has 29 heavy (non-hydrogen) atoms. The second-order valence-electron chi connectivity index (χ2n) is 7.16. The minimum absolute atomic E-state index is 0.898. The number of nitrogens with zero attached hydrogens (tertiary/aromatic N) is 4. The second kappa shape index (κ2) is 5.93. The Morgan fingerprint density at radius 1 is 0.966 bits per heavy atom. The van der Waals surface area contributed by atoms with Gasteiger partial charge in [0.25, 0.3) is 0 Å². The Bertz CT molecular complexity index is 1460. The third-order valence-corrected chi connectivity index (χ3v) is 5.28. The highest BCUT2D eigenvalue weighted by atomic mass is 15.1. The van der Waals surface area contributed by atoms with Crippen molar-refractivity contribution in [2.24, 2.45) is 0 Å². The highest BCUT2D eigenvalue weighted by molar-refractivity contribution is 5.99. The summed E-state index contributed by atoms with van der Waals surface area (Å²) in [6, 6.07) is 14.6. The first-order valence-corrected chi connectivity index (χ1v) is 9.36. The van der Waals surface area contributed by atoms with Gasteiger partial charge in [-0.25, -0.2) is 4.98 Å². The number of aryl methyl sites for hydroxylation is 1. The zero-order valence-corrected chi connectivity index (χ0v) is 15.6. The molecule has 4 heterocycles. The number of benzene rings is 2. The van der Waals surface area contributed by atoms with Crippen LogP contribution in [0.4, 0.5) is 0 Å². The van der Waals surface area contributed by atoms with Crippen molar-refractivity contribution in [2.45, 2.75) is 6.92 Å². The first kappa shape index (κ1) is 15.9. The maximum atomic E-state index is 4.59. The monoisotopic (exact) mass is 379 g/mol. The van der Waals surface area contributed by atoms with Gasteiger partial charge in [0, 0.05) is 34.2 Å². The fraction of sp³-hybridized carbons (Fsp3) is 0.0455. The van der Waals surface area contributed by atoms with Gasteiger partial charge in [-0.3, -0.25) is 10.2 Å². The molecule has 0 aliphatic rings. The van der Waals surface area contributed by atoms with Crippen molar-refractivity contribution < 1.29 is 0 Å². The maximum Gasteiger partial charge on any atom is 0.116 e. The van der Waals surface area contributed by atoms with E-state index < -0.39 is 0 Å². The SMILES string of the molecule is Cc1cn(-c2cccc3[nH]c(-c4n[nH]c5ccc(-c6cn[nH]c6)cc45)cc23)cn1. The summed E-state index contributed by atoms with van der Waals surface area (Å²) in [7, 11) is 0. The minimum Gasteiger partial charge on any atom is -0.353 e. The van der Waals surface area contributed by atoms with Gasteiger partial charge in [0.15, 0.2) is 0 Å². The lowest BCUT2D eigenvalue weighted by Crippen LogP contribution is -1.89. The molecule has 6 rings (SSSR count). The predicted octanol–water partition coefficient (Wildman–Crippen LogP) is 4.60.